The van der Waals surface area contributed by atoms with Gasteiger partial charge in [0.2, 0.25) is 0 Å². The first kappa shape index (κ1) is 37.9. The Morgan fingerprint density at radius 3 is 2.24 bits per heavy atom. The molecule has 206 valence electrons. The summed E-state index contributed by atoms with van der Waals surface area (Å²) < 4.78 is 47.1. The predicted molar refractivity (Wildman–Crippen MR) is 104 cm³/mol. The molecular weight excluding hydrogens is 620 g/mol. The van der Waals surface area contributed by atoms with E-state index in [2.05, 4.69) is 13.4 Å². The Hall–Kier alpha value is 1.89. The van der Waals surface area contributed by atoms with Gasteiger partial charge in [0.05, 0.1) is 13.2 Å². The van der Waals surface area contributed by atoms with Gasteiger partial charge in [0, 0.05) is 12.3 Å². The zero-order valence-electron chi connectivity index (χ0n) is 19.8. The van der Waals surface area contributed by atoms with Crippen LogP contribution in [0.2, 0.25) is 0 Å². The van der Waals surface area contributed by atoms with Crippen LogP contribution in [0.25, 0.3) is 0 Å². The molecule has 0 amide bonds. The van der Waals surface area contributed by atoms with Crippen LogP contribution in [0.5, 0.6) is 0 Å². The number of nitrogens with one attached hydrogen (secondary N) is 1. The SMILES string of the molecule is O=c1ccn([C@@H]2O[C@@H](COP(=O)([O-])OP(=O)([O-])O[C@H]3O[C@@H]([C@@H](O)CO)[C@H](O)[C@H]3O)[C@@H](O)[C@H]2O)c(=O)[nH]1.[K+].[K+]. The molecule has 19 nitrogen and oxygen atoms in total. The van der Waals surface area contributed by atoms with E-state index in [1.807, 2.05) is 4.98 Å². The molecule has 1 aromatic rings. The van der Waals surface area contributed by atoms with Crippen molar-refractivity contribution in [3.8, 4) is 0 Å². The molecular formula is C15H22K2N2O17P2. The number of ether oxygens (including phenoxy) is 2. The van der Waals surface area contributed by atoms with Gasteiger partial charge in [0.15, 0.2) is 12.5 Å². The molecule has 2 aliphatic rings. The average molecular weight is 642 g/mol. The zero-order valence-corrected chi connectivity index (χ0v) is 27.8. The Balaban J connectivity index is 0.00000361. The van der Waals surface area contributed by atoms with E-state index in [0.717, 1.165) is 12.3 Å². The summed E-state index contributed by atoms with van der Waals surface area (Å²) in [7, 11) is -11.7. The molecule has 0 aromatic carbocycles. The third kappa shape index (κ3) is 9.45. The molecule has 2 saturated heterocycles. The van der Waals surface area contributed by atoms with Gasteiger partial charge >= 0.3 is 108 Å². The third-order valence-corrected chi connectivity index (χ3v) is 7.65. The zero-order chi connectivity index (χ0) is 27.0. The fourth-order valence-electron chi connectivity index (χ4n) is 3.36. The maximum atomic E-state index is 12.0. The Kier molecular flexibility index (Phi) is 15.5. The van der Waals surface area contributed by atoms with Crippen molar-refractivity contribution in [3.63, 3.8) is 0 Å². The number of nitrogens with zero attached hydrogens (tertiary/aromatic N) is 1. The van der Waals surface area contributed by atoms with Crippen LogP contribution in [0, 0.1) is 0 Å². The molecule has 0 radical (unpaired) electrons. The second-order valence-corrected chi connectivity index (χ2v) is 10.6. The number of aliphatic hydroxyl groups is 6. The van der Waals surface area contributed by atoms with E-state index in [1.54, 1.807) is 0 Å². The van der Waals surface area contributed by atoms with Crippen LogP contribution >= 0.6 is 15.6 Å². The first-order valence-corrected chi connectivity index (χ1v) is 12.9. The molecule has 1 aromatic heterocycles. The number of aliphatic hydroxyl groups excluding tert-OH is 6. The average Bonchev–Trinajstić information content (AvgIpc) is 3.21. The van der Waals surface area contributed by atoms with Crippen molar-refractivity contribution in [2.45, 2.75) is 55.2 Å². The Bertz CT molecular complexity index is 1140. The van der Waals surface area contributed by atoms with Crippen LogP contribution in [0.3, 0.4) is 0 Å². The van der Waals surface area contributed by atoms with Crippen molar-refractivity contribution in [1.29, 1.82) is 0 Å². The molecule has 38 heavy (non-hydrogen) atoms. The number of aromatic amines is 1. The molecule has 7 N–H and O–H groups in total. The summed E-state index contributed by atoms with van der Waals surface area (Å²) in [4.78, 5) is 48.9. The minimum Gasteiger partial charge on any atom is -0.756 e. The largest absolute Gasteiger partial charge is 1.00 e. The van der Waals surface area contributed by atoms with Crippen molar-refractivity contribution in [2.24, 2.45) is 0 Å². The molecule has 0 aliphatic carbocycles. The fraction of sp³-hybridized carbons (Fsp3) is 0.733. The van der Waals surface area contributed by atoms with Crippen LogP contribution in [0.4, 0.5) is 0 Å². The fourth-order valence-corrected chi connectivity index (χ4v) is 5.44. The van der Waals surface area contributed by atoms with Gasteiger partial charge in [-0.2, -0.15) is 0 Å². The van der Waals surface area contributed by atoms with Gasteiger partial charge in [-0.05, 0) is 0 Å². The summed E-state index contributed by atoms with van der Waals surface area (Å²) in [6.07, 6.45) is -15.5. The third-order valence-electron chi connectivity index (χ3n) is 5.12. The van der Waals surface area contributed by atoms with Crippen molar-refractivity contribution in [1.82, 2.24) is 9.55 Å². The van der Waals surface area contributed by atoms with Crippen LogP contribution in [0.1, 0.15) is 6.23 Å². The van der Waals surface area contributed by atoms with Crippen LogP contribution in [-0.2, 0) is 32.0 Å². The minimum absolute atomic E-state index is 0. The predicted octanol–water partition coefficient (Wildman–Crippen LogP) is -12.0. The Labute approximate surface area is 297 Å². The van der Waals surface area contributed by atoms with E-state index in [4.69, 9.17) is 14.6 Å². The van der Waals surface area contributed by atoms with E-state index in [1.165, 1.54) is 0 Å². The van der Waals surface area contributed by atoms with Gasteiger partial charge in [-0.3, -0.25) is 28.0 Å². The molecule has 0 bridgehead atoms. The molecule has 0 spiro atoms. The van der Waals surface area contributed by atoms with E-state index in [9.17, 15) is 54.0 Å². The number of H-pyrrole nitrogens is 1. The van der Waals surface area contributed by atoms with Crippen molar-refractivity contribution >= 4 is 15.6 Å². The number of hydrogen-bond acceptors (Lipinski definition) is 17. The molecule has 3 rings (SSSR count). The van der Waals surface area contributed by atoms with Crippen molar-refractivity contribution in [3.05, 3.63) is 33.1 Å². The molecule has 2 fully saturated rings. The summed E-state index contributed by atoms with van der Waals surface area (Å²) in [6.45, 7) is -2.04. The van der Waals surface area contributed by atoms with Gasteiger partial charge in [-0.25, -0.2) is 9.11 Å². The maximum absolute atomic E-state index is 12.0. The molecule has 23 heteroatoms. The summed E-state index contributed by atoms with van der Waals surface area (Å²) in [6, 6.07) is 0.913. The number of rotatable bonds is 10. The summed E-state index contributed by atoms with van der Waals surface area (Å²) in [5, 5.41) is 58.1. The molecule has 2 aliphatic heterocycles. The second kappa shape index (κ2) is 15.6. The monoisotopic (exact) mass is 642 g/mol. The molecule has 11 atom stereocenters. The number of phosphoric acid groups is 2. The summed E-state index contributed by atoms with van der Waals surface area (Å²) in [5.41, 5.74) is -1.78. The van der Waals surface area contributed by atoms with Crippen LogP contribution < -0.4 is 124 Å². The van der Waals surface area contributed by atoms with Gasteiger partial charge in [-0.15, -0.1) is 0 Å². The van der Waals surface area contributed by atoms with Gasteiger partial charge in [0.1, 0.15) is 42.7 Å². The number of aromatic nitrogens is 2. The smallest absolute Gasteiger partial charge is 0.756 e. The van der Waals surface area contributed by atoms with Gasteiger partial charge in [0.25, 0.3) is 21.2 Å². The molecule has 3 heterocycles. The standard InChI is InChI=1S/C15H24N2O17P2.2K/c18-3-5(19)12-9(22)11(24)14(32-12)33-36(28,29)34-35(26,27)30-4-6-8(21)10(23)13(31-6)17-2-1-7(20)16-15(17)25;;/h1-2,5-6,8-14,18-19,21-24H,3-4H2,(H,26,27)(H,28,29)(H,16,20,25);;/q;2*+1/p-2/t5-,6-,8+,9+,10+,11+,12-,13+,14+;;/m0../s1. The quantitative estimate of drug-likeness (QED) is 0.0920. The number of phosphoric ester groups is 2. The first-order chi connectivity index (χ1) is 16.7. The topological polar surface area (TPSA) is 303 Å². The van der Waals surface area contributed by atoms with Crippen LogP contribution in [-0.4, -0.2) is 102 Å². The molecule has 0 saturated carbocycles. The van der Waals surface area contributed by atoms with E-state index in [0.29, 0.717) is 4.57 Å². The summed E-state index contributed by atoms with van der Waals surface area (Å²) in [5.74, 6) is 0. The van der Waals surface area contributed by atoms with Crippen molar-refractivity contribution < 1.29 is 175 Å². The second-order valence-electron chi connectivity index (χ2n) is 7.64. The van der Waals surface area contributed by atoms with Crippen molar-refractivity contribution in [2.75, 3.05) is 13.2 Å². The normalized spacial score (nSPS) is 34.9. The van der Waals surface area contributed by atoms with Gasteiger partial charge in [-0.1, -0.05) is 0 Å². The van der Waals surface area contributed by atoms with Crippen LogP contribution in [0.15, 0.2) is 21.9 Å². The Morgan fingerprint density at radius 2 is 1.66 bits per heavy atom. The van der Waals surface area contributed by atoms with E-state index >= 15 is 0 Å². The van der Waals surface area contributed by atoms with E-state index < -0.39 is 95.4 Å². The molecule has 2 unspecified atom stereocenters. The number of hydrogen-bond donors (Lipinski definition) is 7. The Morgan fingerprint density at radius 1 is 1.03 bits per heavy atom. The minimum atomic E-state index is -5.87. The van der Waals surface area contributed by atoms with Gasteiger partial charge < -0.3 is 54.4 Å². The summed E-state index contributed by atoms with van der Waals surface area (Å²) >= 11 is 0. The van der Waals surface area contributed by atoms with E-state index in [-0.39, 0.29) is 103 Å². The first-order valence-electron chi connectivity index (χ1n) is 9.96. The maximum Gasteiger partial charge on any atom is 1.00 e.